The average molecular weight is 377 g/mol. The van der Waals surface area contributed by atoms with Crippen LogP contribution in [-0.4, -0.2) is 48.6 Å². The number of aromatic nitrogens is 1. The Morgan fingerprint density at radius 1 is 1.14 bits per heavy atom. The van der Waals surface area contributed by atoms with Crippen LogP contribution < -0.4 is 5.32 Å². The van der Waals surface area contributed by atoms with Crippen LogP contribution in [0, 0.1) is 6.92 Å². The average Bonchev–Trinajstić information content (AvgIpc) is 3.12. The summed E-state index contributed by atoms with van der Waals surface area (Å²) in [5.41, 5.74) is 4.46. The van der Waals surface area contributed by atoms with Gasteiger partial charge in [0.2, 0.25) is 5.91 Å². The molecule has 4 rings (SSSR count). The number of ether oxygens (including phenoxy) is 1. The monoisotopic (exact) mass is 377 g/mol. The first-order valence-electron chi connectivity index (χ1n) is 9.90. The molecule has 0 radical (unpaired) electrons. The predicted molar refractivity (Wildman–Crippen MR) is 111 cm³/mol. The van der Waals surface area contributed by atoms with E-state index in [1.54, 1.807) is 0 Å². The van der Waals surface area contributed by atoms with Crippen molar-refractivity contribution < 1.29 is 9.53 Å². The Kier molecular flexibility index (Phi) is 5.74. The van der Waals surface area contributed by atoms with Crippen molar-refractivity contribution in [2.24, 2.45) is 0 Å². The Morgan fingerprint density at radius 3 is 2.68 bits per heavy atom. The molecule has 0 bridgehead atoms. The SMILES string of the molecule is Cc1ccc([C@H](CN2CCOCC2)NC(=O)Cc2c[nH]c3ccccc23)cc1. The molecule has 1 fully saturated rings. The van der Waals surface area contributed by atoms with Gasteiger partial charge in [0.25, 0.3) is 0 Å². The molecule has 5 heteroatoms. The summed E-state index contributed by atoms with van der Waals surface area (Å²) in [4.78, 5) is 18.5. The molecule has 146 valence electrons. The summed E-state index contributed by atoms with van der Waals surface area (Å²) in [6.45, 7) is 6.19. The third-order valence-electron chi connectivity index (χ3n) is 5.39. The van der Waals surface area contributed by atoms with E-state index >= 15 is 0 Å². The highest BCUT2D eigenvalue weighted by atomic mass is 16.5. The van der Waals surface area contributed by atoms with Crippen LogP contribution in [0.5, 0.6) is 0 Å². The molecule has 0 spiro atoms. The summed E-state index contributed by atoms with van der Waals surface area (Å²) in [6.07, 6.45) is 2.31. The lowest BCUT2D eigenvalue weighted by Crippen LogP contribution is -2.43. The second-order valence-electron chi connectivity index (χ2n) is 7.48. The fourth-order valence-corrected chi connectivity index (χ4v) is 3.77. The number of morpholine rings is 1. The maximum Gasteiger partial charge on any atom is 0.225 e. The van der Waals surface area contributed by atoms with Gasteiger partial charge in [-0.25, -0.2) is 0 Å². The van der Waals surface area contributed by atoms with Crippen LogP contribution in [0.3, 0.4) is 0 Å². The zero-order valence-corrected chi connectivity index (χ0v) is 16.3. The summed E-state index contributed by atoms with van der Waals surface area (Å²) in [7, 11) is 0. The number of aromatic amines is 1. The van der Waals surface area contributed by atoms with E-state index in [4.69, 9.17) is 4.74 Å². The Morgan fingerprint density at radius 2 is 1.89 bits per heavy atom. The van der Waals surface area contributed by atoms with Crippen molar-refractivity contribution in [3.05, 3.63) is 71.4 Å². The molecule has 1 aliphatic heterocycles. The van der Waals surface area contributed by atoms with Gasteiger partial charge in [0, 0.05) is 36.7 Å². The van der Waals surface area contributed by atoms with Gasteiger partial charge in [-0.15, -0.1) is 0 Å². The molecule has 28 heavy (non-hydrogen) atoms. The fraction of sp³-hybridized carbons (Fsp3) is 0.348. The van der Waals surface area contributed by atoms with E-state index in [0.29, 0.717) is 6.42 Å². The van der Waals surface area contributed by atoms with Gasteiger partial charge >= 0.3 is 0 Å². The molecule has 0 saturated carbocycles. The number of nitrogens with zero attached hydrogens (tertiary/aromatic N) is 1. The number of benzene rings is 2. The van der Waals surface area contributed by atoms with E-state index in [1.807, 2.05) is 24.4 Å². The van der Waals surface area contributed by atoms with Gasteiger partial charge in [-0.3, -0.25) is 9.69 Å². The summed E-state index contributed by atoms with van der Waals surface area (Å²) in [5.74, 6) is 0.0450. The third kappa shape index (κ3) is 4.43. The van der Waals surface area contributed by atoms with Crippen molar-refractivity contribution in [1.82, 2.24) is 15.2 Å². The molecule has 1 amide bonds. The summed E-state index contributed by atoms with van der Waals surface area (Å²) in [5, 5.41) is 4.38. The highest BCUT2D eigenvalue weighted by Crippen LogP contribution is 2.20. The third-order valence-corrected chi connectivity index (χ3v) is 5.39. The van der Waals surface area contributed by atoms with Crippen LogP contribution in [-0.2, 0) is 16.0 Å². The minimum absolute atomic E-state index is 0.0311. The van der Waals surface area contributed by atoms with E-state index in [1.165, 1.54) is 5.56 Å². The first kappa shape index (κ1) is 18.7. The van der Waals surface area contributed by atoms with Crippen LogP contribution in [0.2, 0.25) is 0 Å². The summed E-state index contributed by atoms with van der Waals surface area (Å²) >= 11 is 0. The number of aryl methyl sites for hydroxylation is 1. The maximum atomic E-state index is 12.9. The number of H-pyrrole nitrogens is 1. The molecule has 1 atom stereocenters. The smallest absolute Gasteiger partial charge is 0.225 e. The van der Waals surface area contributed by atoms with Gasteiger partial charge in [-0.2, -0.15) is 0 Å². The lowest BCUT2D eigenvalue weighted by molar-refractivity contribution is -0.121. The minimum Gasteiger partial charge on any atom is -0.379 e. The zero-order valence-electron chi connectivity index (χ0n) is 16.3. The Bertz CT molecular complexity index is 926. The molecule has 0 unspecified atom stereocenters. The summed E-state index contributed by atoms with van der Waals surface area (Å²) in [6, 6.07) is 16.5. The summed E-state index contributed by atoms with van der Waals surface area (Å²) < 4.78 is 5.46. The van der Waals surface area contributed by atoms with Crippen molar-refractivity contribution in [3.8, 4) is 0 Å². The topological polar surface area (TPSA) is 57.4 Å². The van der Waals surface area contributed by atoms with Crippen LogP contribution in [0.25, 0.3) is 10.9 Å². The van der Waals surface area contributed by atoms with Crippen molar-refractivity contribution in [1.29, 1.82) is 0 Å². The first-order chi connectivity index (χ1) is 13.7. The molecule has 3 aromatic rings. The van der Waals surface area contributed by atoms with Gasteiger partial charge in [0.15, 0.2) is 0 Å². The first-order valence-corrected chi connectivity index (χ1v) is 9.90. The molecule has 2 heterocycles. The molecule has 2 N–H and O–H groups in total. The molecular weight excluding hydrogens is 350 g/mol. The number of amides is 1. The minimum atomic E-state index is -0.0311. The highest BCUT2D eigenvalue weighted by Gasteiger charge is 2.20. The quantitative estimate of drug-likeness (QED) is 0.694. The number of fused-ring (bicyclic) bond motifs is 1. The van der Waals surface area contributed by atoms with E-state index in [0.717, 1.165) is 54.9 Å². The highest BCUT2D eigenvalue weighted by molar-refractivity contribution is 5.89. The van der Waals surface area contributed by atoms with Crippen molar-refractivity contribution in [2.75, 3.05) is 32.8 Å². The normalized spacial score (nSPS) is 16.2. The standard InChI is InChI=1S/C23H27N3O2/c1-17-6-8-18(9-7-17)22(16-26-10-12-28-13-11-26)25-23(27)14-19-15-24-21-5-3-2-4-20(19)21/h2-9,15,22,24H,10-14,16H2,1H3,(H,25,27)/t22-/m0/s1. The molecule has 1 aliphatic rings. The number of rotatable bonds is 6. The van der Waals surface area contributed by atoms with Gasteiger partial charge < -0.3 is 15.0 Å². The fourth-order valence-electron chi connectivity index (χ4n) is 3.77. The molecule has 2 aromatic carbocycles. The van der Waals surface area contributed by atoms with Crippen LogP contribution in [0.15, 0.2) is 54.7 Å². The van der Waals surface area contributed by atoms with E-state index in [2.05, 4.69) is 52.5 Å². The molecule has 5 nitrogen and oxygen atoms in total. The second-order valence-corrected chi connectivity index (χ2v) is 7.48. The lowest BCUT2D eigenvalue weighted by Gasteiger charge is -2.31. The predicted octanol–water partition coefficient (Wildman–Crippen LogP) is 3.21. The number of hydrogen-bond donors (Lipinski definition) is 2. The van der Waals surface area contributed by atoms with E-state index < -0.39 is 0 Å². The number of carbonyl (C=O) groups is 1. The van der Waals surface area contributed by atoms with Gasteiger partial charge in [0.05, 0.1) is 25.7 Å². The van der Waals surface area contributed by atoms with Crippen molar-refractivity contribution in [3.63, 3.8) is 0 Å². The van der Waals surface area contributed by atoms with Gasteiger partial charge in [-0.1, -0.05) is 48.0 Å². The maximum absolute atomic E-state index is 12.9. The number of carbonyl (C=O) groups excluding carboxylic acids is 1. The number of hydrogen-bond acceptors (Lipinski definition) is 3. The largest absolute Gasteiger partial charge is 0.379 e. The van der Waals surface area contributed by atoms with Gasteiger partial charge in [0.1, 0.15) is 0 Å². The number of para-hydroxylation sites is 1. The molecular formula is C23H27N3O2. The Hall–Kier alpha value is -2.63. The molecule has 1 saturated heterocycles. The van der Waals surface area contributed by atoms with Gasteiger partial charge in [-0.05, 0) is 24.1 Å². The Labute approximate surface area is 165 Å². The van der Waals surface area contributed by atoms with E-state index in [9.17, 15) is 4.79 Å². The van der Waals surface area contributed by atoms with Crippen molar-refractivity contribution >= 4 is 16.8 Å². The molecule has 0 aliphatic carbocycles. The van der Waals surface area contributed by atoms with Crippen molar-refractivity contribution in [2.45, 2.75) is 19.4 Å². The second kappa shape index (κ2) is 8.59. The van der Waals surface area contributed by atoms with Crippen LogP contribution >= 0.6 is 0 Å². The number of nitrogens with one attached hydrogen (secondary N) is 2. The van der Waals surface area contributed by atoms with E-state index in [-0.39, 0.29) is 11.9 Å². The van der Waals surface area contributed by atoms with Crippen LogP contribution in [0.1, 0.15) is 22.7 Å². The van der Waals surface area contributed by atoms with Crippen LogP contribution in [0.4, 0.5) is 0 Å². The Balaban J connectivity index is 1.49. The zero-order chi connectivity index (χ0) is 19.3. The lowest BCUT2D eigenvalue weighted by atomic mass is 10.0. The molecule has 1 aromatic heterocycles.